The molecular weight excluding hydrogens is 265 g/mol. The SMILES string of the molecule is CCNCc1ccc(N(C)CC2(N(C)C)CCC2)c(F)c1. The predicted molar refractivity (Wildman–Crippen MR) is 87.3 cm³/mol. The van der Waals surface area contributed by atoms with Gasteiger partial charge in [0, 0.05) is 25.7 Å². The number of halogens is 1. The van der Waals surface area contributed by atoms with Crippen LogP contribution in [0.4, 0.5) is 10.1 Å². The van der Waals surface area contributed by atoms with E-state index in [2.05, 4.69) is 36.1 Å². The number of benzene rings is 1. The summed E-state index contributed by atoms with van der Waals surface area (Å²) in [5, 5.41) is 3.22. The molecule has 0 heterocycles. The number of nitrogens with zero attached hydrogens (tertiary/aromatic N) is 2. The fourth-order valence-electron chi connectivity index (χ4n) is 3.10. The predicted octanol–water partition coefficient (Wildman–Crippen LogP) is 2.86. The van der Waals surface area contributed by atoms with Crippen molar-refractivity contribution in [3.8, 4) is 0 Å². The van der Waals surface area contributed by atoms with Crippen molar-refractivity contribution >= 4 is 5.69 Å². The van der Waals surface area contributed by atoms with E-state index in [9.17, 15) is 4.39 Å². The van der Waals surface area contributed by atoms with Gasteiger partial charge in [-0.2, -0.15) is 0 Å². The van der Waals surface area contributed by atoms with Gasteiger partial charge in [-0.05, 0) is 57.6 Å². The quantitative estimate of drug-likeness (QED) is 0.834. The Hall–Kier alpha value is -1.13. The van der Waals surface area contributed by atoms with E-state index in [1.165, 1.54) is 19.3 Å². The molecule has 21 heavy (non-hydrogen) atoms. The molecule has 0 aliphatic heterocycles. The molecule has 0 saturated heterocycles. The topological polar surface area (TPSA) is 18.5 Å². The Morgan fingerprint density at radius 1 is 1.24 bits per heavy atom. The average molecular weight is 293 g/mol. The second-order valence-corrected chi connectivity index (χ2v) is 6.39. The van der Waals surface area contributed by atoms with Crippen molar-refractivity contribution < 1.29 is 4.39 Å². The second-order valence-electron chi connectivity index (χ2n) is 6.39. The van der Waals surface area contributed by atoms with Crippen molar-refractivity contribution in [3.05, 3.63) is 29.6 Å². The van der Waals surface area contributed by atoms with Crippen LogP contribution in [0.2, 0.25) is 0 Å². The molecule has 0 aromatic heterocycles. The van der Waals surface area contributed by atoms with Crippen LogP contribution in [0.15, 0.2) is 18.2 Å². The van der Waals surface area contributed by atoms with Crippen molar-refractivity contribution in [1.82, 2.24) is 10.2 Å². The Balaban J connectivity index is 2.07. The van der Waals surface area contributed by atoms with E-state index < -0.39 is 0 Å². The molecule has 2 rings (SSSR count). The standard InChI is InChI=1S/C17H28FN3/c1-5-19-12-14-7-8-16(15(18)11-14)21(4)13-17(20(2)3)9-6-10-17/h7-8,11,19H,5-6,9-10,12-13H2,1-4H3. The summed E-state index contributed by atoms with van der Waals surface area (Å²) >= 11 is 0. The zero-order valence-electron chi connectivity index (χ0n) is 13.7. The van der Waals surface area contributed by atoms with Crippen LogP contribution in [-0.2, 0) is 6.54 Å². The van der Waals surface area contributed by atoms with E-state index in [-0.39, 0.29) is 11.4 Å². The molecule has 118 valence electrons. The first-order valence-electron chi connectivity index (χ1n) is 7.86. The number of anilines is 1. The number of hydrogen-bond acceptors (Lipinski definition) is 3. The molecule has 1 fully saturated rings. The minimum Gasteiger partial charge on any atom is -0.370 e. The minimum absolute atomic E-state index is 0.124. The molecular formula is C17H28FN3. The van der Waals surface area contributed by atoms with Gasteiger partial charge in [0.05, 0.1) is 5.69 Å². The van der Waals surface area contributed by atoms with Crippen LogP contribution in [-0.4, -0.2) is 44.7 Å². The molecule has 1 aliphatic carbocycles. The molecule has 0 radical (unpaired) electrons. The molecule has 0 atom stereocenters. The number of hydrogen-bond donors (Lipinski definition) is 1. The molecule has 0 bridgehead atoms. The van der Waals surface area contributed by atoms with Crippen LogP contribution in [0.25, 0.3) is 0 Å². The number of rotatable bonds is 7. The molecule has 0 amide bonds. The molecule has 0 unspecified atom stereocenters. The van der Waals surface area contributed by atoms with Gasteiger partial charge in [0.2, 0.25) is 0 Å². The third kappa shape index (κ3) is 3.55. The van der Waals surface area contributed by atoms with Gasteiger partial charge in [0.1, 0.15) is 5.82 Å². The van der Waals surface area contributed by atoms with E-state index >= 15 is 0 Å². The van der Waals surface area contributed by atoms with Crippen LogP contribution < -0.4 is 10.2 Å². The Labute approximate surface area is 128 Å². The summed E-state index contributed by atoms with van der Waals surface area (Å²) in [6.07, 6.45) is 3.67. The Morgan fingerprint density at radius 2 is 1.95 bits per heavy atom. The molecule has 1 saturated carbocycles. The van der Waals surface area contributed by atoms with E-state index in [1.807, 2.05) is 19.2 Å². The van der Waals surface area contributed by atoms with Crippen LogP contribution in [0.3, 0.4) is 0 Å². The summed E-state index contributed by atoms with van der Waals surface area (Å²) in [6.45, 7) is 4.55. The first-order chi connectivity index (χ1) is 9.98. The van der Waals surface area contributed by atoms with Crippen molar-refractivity contribution in [2.45, 2.75) is 38.3 Å². The van der Waals surface area contributed by atoms with Gasteiger partial charge in [-0.3, -0.25) is 0 Å². The first-order valence-corrected chi connectivity index (χ1v) is 7.86. The van der Waals surface area contributed by atoms with Gasteiger partial charge in [0.15, 0.2) is 0 Å². The Morgan fingerprint density at radius 3 is 2.43 bits per heavy atom. The summed E-state index contributed by atoms with van der Waals surface area (Å²) in [5.74, 6) is -0.124. The zero-order valence-corrected chi connectivity index (χ0v) is 13.7. The fourth-order valence-corrected chi connectivity index (χ4v) is 3.10. The molecule has 1 N–H and O–H groups in total. The van der Waals surface area contributed by atoms with E-state index in [1.54, 1.807) is 6.07 Å². The summed E-state index contributed by atoms with van der Waals surface area (Å²) in [5.41, 5.74) is 1.91. The molecule has 4 heteroatoms. The minimum atomic E-state index is -0.124. The normalized spacial score (nSPS) is 16.9. The third-order valence-electron chi connectivity index (χ3n) is 4.77. The number of nitrogens with one attached hydrogen (secondary N) is 1. The zero-order chi connectivity index (χ0) is 15.5. The van der Waals surface area contributed by atoms with Crippen molar-refractivity contribution in [2.24, 2.45) is 0 Å². The maximum atomic E-state index is 14.3. The lowest BCUT2D eigenvalue weighted by atomic mass is 9.75. The lowest BCUT2D eigenvalue weighted by Crippen LogP contribution is -2.56. The molecule has 1 aliphatic rings. The van der Waals surface area contributed by atoms with Gasteiger partial charge in [-0.25, -0.2) is 4.39 Å². The highest BCUT2D eigenvalue weighted by Crippen LogP contribution is 2.37. The fraction of sp³-hybridized carbons (Fsp3) is 0.647. The van der Waals surface area contributed by atoms with Gasteiger partial charge >= 0.3 is 0 Å². The van der Waals surface area contributed by atoms with Crippen molar-refractivity contribution in [3.63, 3.8) is 0 Å². The molecule has 1 aromatic rings. The van der Waals surface area contributed by atoms with Gasteiger partial charge in [0.25, 0.3) is 0 Å². The largest absolute Gasteiger partial charge is 0.370 e. The smallest absolute Gasteiger partial charge is 0.146 e. The van der Waals surface area contributed by atoms with Gasteiger partial charge in [-0.1, -0.05) is 13.0 Å². The first kappa shape index (κ1) is 16.2. The molecule has 3 nitrogen and oxygen atoms in total. The maximum absolute atomic E-state index is 14.3. The monoisotopic (exact) mass is 293 g/mol. The highest BCUT2D eigenvalue weighted by atomic mass is 19.1. The summed E-state index contributed by atoms with van der Waals surface area (Å²) in [7, 11) is 6.25. The van der Waals surface area contributed by atoms with E-state index in [4.69, 9.17) is 0 Å². The third-order valence-corrected chi connectivity index (χ3v) is 4.77. The second kappa shape index (κ2) is 6.75. The van der Waals surface area contributed by atoms with Gasteiger partial charge < -0.3 is 15.1 Å². The summed E-state index contributed by atoms with van der Waals surface area (Å²) < 4.78 is 14.3. The maximum Gasteiger partial charge on any atom is 0.146 e. The molecule has 1 aromatic carbocycles. The van der Waals surface area contributed by atoms with Crippen LogP contribution >= 0.6 is 0 Å². The Bertz CT molecular complexity index is 469. The van der Waals surface area contributed by atoms with E-state index in [0.29, 0.717) is 5.69 Å². The van der Waals surface area contributed by atoms with Gasteiger partial charge in [-0.15, -0.1) is 0 Å². The molecule has 0 spiro atoms. The highest BCUT2D eigenvalue weighted by Gasteiger charge is 2.40. The number of likely N-dealkylation sites (N-methyl/N-ethyl adjacent to an activating group) is 2. The average Bonchev–Trinajstić information content (AvgIpc) is 2.39. The van der Waals surface area contributed by atoms with Crippen molar-refractivity contribution in [1.29, 1.82) is 0 Å². The Kier molecular flexibility index (Phi) is 5.22. The lowest BCUT2D eigenvalue weighted by Gasteiger charge is -2.49. The van der Waals surface area contributed by atoms with Crippen LogP contribution in [0.1, 0.15) is 31.7 Å². The highest BCUT2D eigenvalue weighted by molar-refractivity contribution is 5.49. The van der Waals surface area contributed by atoms with Crippen molar-refractivity contribution in [2.75, 3.05) is 39.1 Å². The summed E-state index contributed by atoms with van der Waals surface area (Å²) in [6, 6.07) is 5.57. The van der Waals surface area contributed by atoms with Crippen LogP contribution in [0.5, 0.6) is 0 Å². The lowest BCUT2D eigenvalue weighted by molar-refractivity contribution is 0.0682. The van der Waals surface area contributed by atoms with E-state index in [0.717, 1.165) is 25.2 Å². The van der Waals surface area contributed by atoms with Crippen LogP contribution in [0, 0.1) is 5.82 Å². The summed E-state index contributed by atoms with van der Waals surface area (Å²) in [4.78, 5) is 4.36.